The van der Waals surface area contributed by atoms with Crippen molar-refractivity contribution in [3.8, 4) is 0 Å². The standard InChI is InChI=1S/C21H38N2O/c1-20-9-7-15(23-12-11-22)13-14(20)3-4-16-17-5-6-19(24)21(17,2)10-8-18(16)20/h14-19,23-24H,3-13,22H2,1-2H3/t14-,15-,16-,17-,18-,19-,20-,21-/m0/s1. The van der Waals surface area contributed by atoms with Gasteiger partial charge in [0.05, 0.1) is 6.10 Å². The van der Waals surface area contributed by atoms with Crippen molar-refractivity contribution in [1.82, 2.24) is 5.32 Å². The molecule has 8 atom stereocenters. The van der Waals surface area contributed by atoms with Crippen molar-refractivity contribution in [1.29, 1.82) is 0 Å². The zero-order valence-corrected chi connectivity index (χ0v) is 15.8. The van der Waals surface area contributed by atoms with E-state index < -0.39 is 0 Å². The largest absolute Gasteiger partial charge is 0.393 e. The molecule has 0 bridgehead atoms. The van der Waals surface area contributed by atoms with E-state index in [0.717, 1.165) is 43.2 Å². The molecule has 4 N–H and O–H groups in total. The quantitative estimate of drug-likeness (QED) is 0.742. The number of aliphatic hydroxyl groups is 1. The first-order valence-electron chi connectivity index (χ1n) is 10.6. The fraction of sp³-hybridized carbons (Fsp3) is 1.00. The number of rotatable bonds is 3. The molecule has 4 rings (SSSR count). The Bertz CT molecular complexity index is 469. The highest BCUT2D eigenvalue weighted by atomic mass is 16.3. The minimum Gasteiger partial charge on any atom is -0.393 e. The van der Waals surface area contributed by atoms with Crippen LogP contribution in [0.5, 0.6) is 0 Å². The summed E-state index contributed by atoms with van der Waals surface area (Å²) >= 11 is 0. The van der Waals surface area contributed by atoms with Crippen LogP contribution in [0.1, 0.15) is 71.6 Å². The highest BCUT2D eigenvalue weighted by molar-refractivity contribution is 5.09. The van der Waals surface area contributed by atoms with E-state index in [1.54, 1.807) is 0 Å². The van der Waals surface area contributed by atoms with Crippen molar-refractivity contribution in [2.45, 2.75) is 83.8 Å². The molecule has 0 radical (unpaired) electrons. The summed E-state index contributed by atoms with van der Waals surface area (Å²) in [6.07, 6.45) is 11.8. The molecule has 4 aliphatic carbocycles. The number of aliphatic hydroxyl groups excluding tert-OH is 1. The first-order chi connectivity index (χ1) is 11.5. The lowest BCUT2D eigenvalue weighted by molar-refractivity contribution is -0.123. The van der Waals surface area contributed by atoms with Gasteiger partial charge in [-0.05, 0) is 92.3 Å². The van der Waals surface area contributed by atoms with E-state index in [9.17, 15) is 5.11 Å². The van der Waals surface area contributed by atoms with Crippen LogP contribution in [0.15, 0.2) is 0 Å². The molecule has 0 heterocycles. The van der Waals surface area contributed by atoms with Gasteiger partial charge in [-0.3, -0.25) is 0 Å². The normalized spacial score (nSPS) is 54.0. The van der Waals surface area contributed by atoms with Gasteiger partial charge in [0.1, 0.15) is 0 Å². The zero-order valence-electron chi connectivity index (χ0n) is 15.8. The maximum Gasteiger partial charge on any atom is 0.0596 e. The van der Waals surface area contributed by atoms with Crippen molar-refractivity contribution in [2.75, 3.05) is 13.1 Å². The Morgan fingerprint density at radius 1 is 0.958 bits per heavy atom. The molecule has 0 aromatic heterocycles. The van der Waals surface area contributed by atoms with Gasteiger partial charge in [0.25, 0.3) is 0 Å². The summed E-state index contributed by atoms with van der Waals surface area (Å²) in [5.74, 6) is 3.49. The molecule has 4 saturated carbocycles. The zero-order chi connectivity index (χ0) is 16.9. The highest BCUT2D eigenvalue weighted by Crippen LogP contribution is 2.66. The number of nitrogens with two attached hydrogens (primary N) is 1. The Hall–Kier alpha value is -0.120. The fourth-order valence-electron chi connectivity index (χ4n) is 7.70. The molecule has 0 saturated heterocycles. The summed E-state index contributed by atoms with van der Waals surface area (Å²) in [4.78, 5) is 0. The van der Waals surface area contributed by atoms with Crippen LogP contribution in [0.25, 0.3) is 0 Å². The summed E-state index contributed by atoms with van der Waals surface area (Å²) < 4.78 is 0. The average Bonchev–Trinajstić information content (AvgIpc) is 2.88. The second-order valence-electron chi connectivity index (χ2n) is 10.0. The molecule has 138 valence electrons. The van der Waals surface area contributed by atoms with Gasteiger partial charge in [0.2, 0.25) is 0 Å². The molecule has 0 aliphatic heterocycles. The van der Waals surface area contributed by atoms with Crippen LogP contribution < -0.4 is 11.1 Å². The number of hydrogen-bond acceptors (Lipinski definition) is 3. The van der Waals surface area contributed by atoms with E-state index >= 15 is 0 Å². The van der Waals surface area contributed by atoms with Crippen LogP contribution in [0.3, 0.4) is 0 Å². The third-order valence-corrected chi connectivity index (χ3v) is 9.19. The summed E-state index contributed by atoms with van der Waals surface area (Å²) in [5.41, 5.74) is 6.46. The van der Waals surface area contributed by atoms with Crippen LogP contribution in [-0.2, 0) is 0 Å². The van der Waals surface area contributed by atoms with Crippen LogP contribution in [-0.4, -0.2) is 30.3 Å². The minimum absolute atomic E-state index is 0.0369. The van der Waals surface area contributed by atoms with Gasteiger partial charge in [-0.1, -0.05) is 13.8 Å². The Kier molecular flexibility index (Phi) is 4.50. The first kappa shape index (κ1) is 17.3. The number of hydrogen-bond donors (Lipinski definition) is 3. The van der Waals surface area contributed by atoms with E-state index in [2.05, 4.69) is 19.2 Å². The van der Waals surface area contributed by atoms with Crippen molar-refractivity contribution < 1.29 is 5.11 Å². The molecule has 4 fully saturated rings. The number of fused-ring (bicyclic) bond motifs is 5. The Morgan fingerprint density at radius 2 is 1.71 bits per heavy atom. The Morgan fingerprint density at radius 3 is 2.50 bits per heavy atom. The monoisotopic (exact) mass is 334 g/mol. The second-order valence-corrected chi connectivity index (χ2v) is 10.0. The first-order valence-corrected chi connectivity index (χ1v) is 10.6. The second kappa shape index (κ2) is 6.25. The summed E-state index contributed by atoms with van der Waals surface area (Å²) in [6.45, 7) is 6.75. The molecule has 4 aliphatic rings. The molecule has 0 aromatic rings. The number of nitrogens with one attached hydrogen (secondary N) is 1. The minimum atomic E-state index is -0.0369. The van der Waals surface area contributed by atoms with Crippen molar-refractivity contribution in [3.05, 3.63) is 0 Å². The lowest BCUT2D eigenvalue weighted by Gasteiger charge is -2.61. The third-order valence-electron chi connectivity index (χ3n) is 9.19. The predicted octanol–water partition coefficient (Wildman–Crippen LogP) is 3.31. The SMILES string of the molecule is C[C@]12CC[C@H](NCCN)C[C@@H]1CC[C@@H]1[C@@H]2CC[C@]2(C)[C@@H](O)CC[C@@H]12. The van der Waals surface area contributed by atoms with Crippen molar-refractivity contribution >= 4 is 0 Å². The van der Waals surface area contributed by atoms with Crippen LogP contribution in [0.4, 0.5) is 0 Å². The molecule has 24 heavy (non-hydrogen) atoms. The lowest BCUT2D eigenvalue weighted by Crippen LogP contribution is -2.55. The predicted molar refractivity (Wildman–Crippen MR) is 98.6 cm³/mol. The van der Waals surface area contributed by atoms with Crippen LogP contribution in [0, 0.1) is 34.5 Å². The molecular formula is C21H38N2O. The van der Waals surface area contributed by atoms with Crippen LogP contribution >= 0.6 is 0 Å². The molecule has 3 heteroatoms. The van der Waals surface area contributed by atoms with Gasteiger partial charge in [-0.25, -0.2) is 0 Å². The summed E-state index contributed by atoms with van der Waals surface area (Å²) in [6, 6.07) is 0.699. The maximum absolute atomic E-state index is 10.6. The Balaban J connectivity index is 1.50. The van der Waals surface area contributed by atoms with Gasteiger partial charge in [-0.15, -0.1) is 0 Å². The van der Waals surface area contributed by atoms with Gasteiger partial charge in [0.15, 0.2) is 0 Å². The smallest absolute Gasteiger partial charge is 0.0596 e. The molecular weight excluding hydrogens is 296 g/mol. The molecule has 0 aromatic carbocycles. The third kappa shape index (κ3) is 2.49. The van der Waals surface area contributed by atoms with Gasteiger partial charge < -0.3 is 16.2 Å². The summed E-state index contributed by atoms with van der Waals surface area (Å²) in [5, 5.41) is 14.3. The van der Waals surface area contributed by atoms with Gasteiger partial charge in [-0.2, -0.15) is 0 Å². The van der Waals surface area contributed by atoms with Crippen molar-refractivity contribution in [2.24, 2.45) is 40.2 Å². The van der Waals surface area contributed by atoms with E-state index in [1.807, 2.05) is 0 Å². The van der Waals surface area contributed by atoms with E-state index in [-0.39, 0.29) is 11.5 Å². The van der Waals surface area contributed by atoms with Gasteiger partial charge >= 0.3 is 0 Å². The van der Waals surface area contributed by atoms with E-state index in [4.69, 9.17) is 5.73 Å². The van der Waals surface area contributed by atoms with E-state index in [1.165, 1.54) is 51.4 Å². The molecule has 0 spiro atoms. The summed E-state index contributed by atoms with van der Waals surface area (Å²) in [7, 11) is 0. The lowest BCUT2D eigenvalue weighted by atomic mass is 9.45. The Labute approximate surface area is 148 Å². The maximum atomic E-state index is 10.6. The fourth-order valence-corrected chi connectivity index (χ4v) is 7.70. The van der Waals surface area contributed by atoms with Gasteiger partial charge in [0, 0.05) is 19.1 Å². The topological polar surface area (TPSA) is 58.3 Å². The molecule has 3 nitrogen and oxygen atoms in total. The average molecular weight is 335 g/mol. The molecule has 0 amide bonds. The van der Waals surface area contributed by atoms with E-state index in [0.29, 0.717) is 11.5 Å². The molecule has 0 unspecified atom stereocenters. The highest BCUT2D eigenvalue weighted by Gasteiger charge is 2.59. The van der Waals surface area contributed by atoms with Crippen molar-refractivity contribution in [3.63, 3.8) is 0 Å². The van der Waals surface area contributed by atoms with Crippen LogP contribution in [0.2, 0.25) is 0 Å².